The van der Waals surface area contributed by atoms with Crippen molar-refractivity contribution in [2.24, 2.45) is 0 Å². The predicted molar refractivity (Wildman–Crippen MR) is 80.7 cm³/mol. The normalized spacial score (nSPS) is 10.4. The van der Waals surface area contributed by atoms with Gasteiger partial charge in [-0.05, 0) is 34.1 Å². The zero-order valence-corrected chi connectivity index (χ0v) is 13.9. The molecule has 18 heavy (non-hydrogen) atoms. The summed E-state index contributed by atoms with van der Waals surface area (Å²) >= 11 is 12.6. The highest BCUT2D eigenvalue weighted by Gasteiger charge is 2.17. The van der Waals surface area contributed by atoms with Gasteiger partial charge in [0.1, 0.15) is 0 Å². The first-order valence-electron chi connectivity index (χ1n) is 5.39. The number of methoxy groups -OCH3 is 1. The summed E-state index contributed by atoms with van der Waals surface area (Å²) in [7, 11) is 1.62. The summed E-state index contributed by atoms with van der Waals surface area (Å²) in [6, 6.07) is 5.19. The van der Waals surface area contributed by atoms with Crippen LogP contribution in [-0.4, -0.2) is 42.9 Å². The van der Waals surface area contributed by atoms with Crippen molar-refractivity contribution in [2.45, 2.75) is 0 Å². The van der Waals surface area contributed by atoms with Gasteiger partial charge in [0.05, 0.1) is 12.2 Å². The van der Waals surface area contributed by atoms with E-state index in [1.165, 1.54) is 0 Å². The maximum Gasteiger partial charge on any atom is 0.255 e. The Bertz CT molecular complexity index is 415. The Balaban J connectivity index is 2.90. The lowest BCUT2D eigenvalue weighted by atomic mass is 10.2. The van der Waals surface area contributed by atoms with E-state index in [0.717, 1.165) is 9.80 Å². The first kappa shape index (κ1) is 16.0. The second kappa shape index (κ2) is 8.15. The molecule has 0 saturated carbocycles. The monoisotopic (exact) mass is 397 g/mol. The minimum Gasteiger partial charge on any atom is -0.383 e. The SMILES string of the molecule is COCCN(CCBr)C(=O)c1cc(Cl)ccc1Br. The second-order valence-electron chi connectivity index (χ2n) is 3.60. The Morgan fingerprint density at radius 2 is 2.17 bits per heavy atom. The van der Waals surface area contributed by atoms with Crippen molar-refractivity contribution in [2.75, 3.05) is 32.1 Å². The van der Waals surface area contributed by atoms with E-state index >= 15 is 0 Å². The van der Waals surface area contributed by atoms with E-state index < -0.39 is 0 Å². The molecule has 100 valence electrons. The molecule has 0 unspecified atom stereocenters. The average molecular weight is 400 g/mol. The Morgan fingerprint density at radius 1 is 1.44 bits per heavy atom. The van der Waals surface area contributed by atoms with E-state index in [0.29, 0.717) is 30.3 Å². The zero-order valence-electron chi connectivity index (χ0n) is 9.96. The van der Waals surface area contributed by atoms with Crippen LogP contribution in [0.1, 0.15) is 10.4 Å². The zero-order chi connectivity index (χ0) is 13.5. The van der Waals surface area contributed by atoms with Gasteiger partial charge in [0.25, 0.3) is 5.91 Å². The molecular formula is C12H14Br2ClNO2. The van der Waals surface area contributed by atoms with Gasteiger partial charge in [-0.15, -0.1) is 0 Å². The Morgan fingerprint density at radius 3 is 2.78 bits per heavy atom. The lowest BCUT2D eigenvalue weighted by Crippen LogP contribution is -2.35. The summed E-state index contributed by atoms with van der Waals surface area (Å²) in [5.74, 6) is -0.0547. The summed E-state index contributed by atoms with van der Waals surface area (Å²) in [5.41, 5.74) is 0.569. The van der Waals surface area contributed by atoms with E-state index in [9.17, 15) is 4.79 Å². The van der Waals surface area contributed by atoms with Crippen molar-refractivity contribution < 1.29 is 9.53 Å². The fraction of sp³-hybridized carbons (Fsp3) is 0.417. The van der Waals surface area contributed by atoms with Crippen LogP contribution in [0, 0.1) is 0 Å². The summed E-state index contributed by atoms with van der Waals surface area (Å²) in [6.45, 7) is 1.69. The molecule has 0 saturated heterocycles. The minimum absolute atomic E-state index is 0.0547. The third-order valence-electron chi connectivity index (χ3n) is 2.37. The molecule has 0 aliphatic carbocycles. The molecule has 0 spiro atoms. The van der Waals surface area contributed by atoms with E-state index in [4.69, 9.17) is 16.3 Å². The van der Waals surface area contributed by atoms with Crippen molar-refractivity contribution in [1.82, 2.24) is 4.90 Å². The quantitative estimate of drug-likeness (QED) is 0.685. The van der Waals surface area contributed by atoms with Crippen molar-refractivity contribution in [3.63, 3.8) is 0 Å². The number of amides is 1. The fourth-order valence-electron chi connectivity index (χ4n) is 1.45. The second-order valence-corrected chi connectivity index (χ2v) is 5.68. The molecule has 0 heterocycles. The van der Waals surface area contributed by atoms with Gasteiger partial charge in [0, 0.05) is 35.0 Å². The number of carbonyl (C=O) groups is 1. The molecule has 0 aliphatic rings. The third kappa shape index (κ3) is 4.53. The number of benzene rings is 1. The van der Waals surface area contributed by atoms with Crippen LogP contribution in [0.4, 0.5) is 0 Å². The number of ether oxygens (including phenoxy) is 1. The number of nitrogens with zero attached hydrogens (tertiary/aromatic N) is 1. The number of alkyl halides is 1. The van der Waals surface area contributed by atoms with Gasteiger partial charge in [-0.25, -0.2) is 0 Å². The first-order chi connectivity index (χ1) is 8.60. The molecule has 0 aliphatic heterocycles. The number of carbonyl (C=O) groups excluding carboxylic acids is 1. The van der Waals surface area contributed by atoms with Gasteiger partial charge in [0.2, 0.25) is 0 Å². The summed E-state index contributed by atoms with van der Waals surface area (Å²) in [4.78, 5) is 14.1. The highest BCUT2D eigenvalue weighted by Crippen LogP contribution is 2.22. The van der Waals surface area contributed by atoms with Crippen molar-refractivity contribution in [3.05, 3.63) is 33.3 Å². The largest absolute Gasteiger partial charge is 0.383 e. The molecule has 1 rings (SSSR count). The fourth-order valence-corrected chi connectivity index (χ4v) is 2.47. The van der Waals surface area contributed by atoms with E-state index in [1.807, 2.05) is 0 Å². The van der Waals surface area contributed by atoms with Crippen molar-refractivity contribution >= 4 is 49.4 Å². The topological polar surface area (TPSA) is 29.5 Å². The number of halogens is 3. The standard InChI is InChI=1S/C12H14Br2ClNO2/c1-18-7-6-16(5-4-13)12(17)10-8-9(15)2-3-11(10)14/h2-3,8H,4-7H2,1H3. The molecule has 6 heteroatoms. The number of hydrogen-bond acceptors (Lipinski definition) is 2. The Hall–Kier alpha value is -0.100. The molecule has 1 aromatic rings. The van der Waals surface area contributed by atoms with E-state index in [-0.39, 0.29) is 5.91 Å². The molecule has 0 aromatic heterocycles. The molecule has 0 bridgehead atoms. The van der Waals surface area contributed by atoms with Gasteiger partial charge < -0.3 is 9.64 Å². The molecule has 1 aromatic carbocycles. The van der Waals surface area contributed by atoms with E-state index in [2.05, 4.69) is 31.9 Å². The van der Waals surface area contributed by atoms with Crippen molar-refractivity contribution in [3.8, 4) is 0 Å². The maximum atomic E-state index is 12.4. The van der Waals surface area contributed by atoms with Crippen LogP contribution in [0.5, 0.6) is 0 Å². The minimum atomic E-state index is -0.0547. The van der Waals surface area contributed by atoms with Gasteiger partial charge in [-0.3, -0.25) is 4.79 Å². The van der Waals surface area contributed by atoms with E-state index in [1.54, 1.807) is 30.2 Å². The van der Waals surface area contributed by atoms with Crippen molar-refractivity contribution in [1.29, 1.82) is 0 Å². The predicted octanol–water partition coefficient (Wildman–Crippen LogP) is 3.59. The lowest BCUT2D eigenvalue weighted by molar-refractivity contribution is 0.0708. The van der Waals surface area contributed by atoms with Gasteiger partial charge in [-0.1, -0.05) is 27.5 Å². The molecule has 0 radical (unpaired) electrons. The summed E-state index contributed by atoms with van der Waals surface area (Å²) in [5, 5.41) is 1.27. The lowest BCUT2D eigenvalue weighted by Gasteiger charge is -2.22. The average Bonchev–Trinajstić information content (AvgIpc) is 2.36. The number of rotatable bonds is 6. The van der Waals surface area contributed by atoms with Crippen LogP contribution in [0.15, 0.2) is 22.7 Å². The summed E-state index contributed by atoms with van der Waals surface area (Å²) < 4.78 is 5.76. The highest BCUT2D eigenvalue weighted by molar-refractivity contribution is 9.10. The van der Waals surface area contributed by atoms with Gasteiger partial charge in [0.15, 0.2) is 0 Å². The van der Waals surface area contributed by atoms with Gasteiger partial charge >= 0.3 is 0 Å². The Labute approximate surface area is 129 Å². The van der Waals surface area contributed by atoms with Gasteiger partial charge in [-0.2, -0.15) is 0 Å². The molecule has 0 N–H and O–H groups in total. The van der Waals surface area contributed by atoms with Crippen LogP contribution >= 0.6 is 43.5 Å². The molecule has 1 amide bonds. The summed E-state index contributed by atoms with van der Waals surface area (Å²) in [6.07, 6.45) is 0. The smallest absolute Gasteiger partial charge is 0.255 e. The van der Waals surface area contributed by atoms with Crippen LogP contribution in [0.3, 0.4) is 0 Å². The Kier molecular flexibility index (Phi) is 7.22. The molecule has 3 nitrogen and oxygen atoms in total. The molecule has 0 fully saturated rings. The maximum absolute atomic E-state index is 12.4. The van der Waals surface area contributed by atoms with Crippen LogP contribution in [-0.2, 0) is 4.74 Å². The van der Waals surface area contributed by atoms with Crippen LogP contribution in [0.25, 0.3) is 0 Å². The first-order valence-corrected chi connectivity index (χ1v) is 7.68. The van der Waals surface area contributed by atoms with Crippen LogP contribution in [0.2, 0.25) is 5.02 Å². The third-order valence-corrected chi connectivity index (χ3v) is 3.65. The number of hydrogen-bond donors (Lipinski definition) is 0. The highest BCUT2D eigenvalue weighted by atomic mass is 79.9. The molecular weight excluding hydrogens is 385 g/mol. The molecule has 0 atom stereocenters. The van der Waals surface area contributed by atoms with Crippen LogP contribution < -0.4 is 0 Å².